The summed E-state index contributed by atoms with van der Waals surface area (Å²) in [6, 6.07) is 0. The average molecular weight is 224 g/mol. The fourth-order valence-corrected chi connectivity index (χ4v) is 3.55. The van der Waals surface area contributed by atoms with Crippen LogP contribution in [0, 0.1) is 23.7 Å². The van der Waals surface area contributed by atoms with Gasteiger partial charge in [0.25, 0.3) is 0 Å². The lowest BCUT2D eigenvalue weighted by Gasteiger charge is -2.26. The van der Waals surface area contributed by atoms with E-state index in [2.05, 4.69) is 4.74 Å². The highest BCUT2D eigenvalue weighted by Gasteiger charge is 2.63. The highest BCUT2D eigenvalue weighted by Crippen LogP contribution is 2.56. The van der Waals surface area contributed by atoms with Gasteiger partial charge in [-0.25, -0.2) is 0 Å². The third-order valence-electron chi connectivity index (χ3n) is 4.01. The second-order valence-corrected chi connectivity index (χ2v) is 4.83. The van der Waals surface area contributed by atoms with Crippen LogP contribution in [0.1, 0.15) is 19.8 Å². The maximum Gasteiger partial charge on any atom is 0.317 e. The van der Waals surface area contributed by atoms with Crippen molar-refractivity contribution in [3.63, 3.8) is 0 Å². The summed E-state index contributed by atoms with van der Waals surface area (Å²) in [6.45, 7) is 1.36. The van der Waals surface area contributed by atoms with E-state index in [1.54, 1.807) is 0 Å². The van der Waals surface area contributed by atoms with Gasteiger partial charge in [-0.2, -0.15) is 0 Å². The standard InChI is InChI=1S/C11H12O5/c1-4(12)15-7-3-5-2-6(7)9-8(5)10(13)16-11(9)14/h5-9H,2-3H2,1H3. The van der Waals surface area contributed by atoms with Crippen molar-refractivity contribution in [2.24, 2.45) is 23.7 Å². The zero-order valence-corrected chi connectivity index (χ0v) is 8.84. The Hall–Kier alpha value is -1.39. The molecule has 3 rings (SSSR count). The maximum atomic E-state index is 11.5. The largest absolute Gasteiger partial charge is 0.462 e. The number of carbonyl (C=O) groups excluding carboxylic acids is 3. The summed E-state index contributed by atoms with van der Waals surface area (Å²) >= 11 is 0. The smallest absolute Gasteiger partial charge is 0.317 e. The molecule has 0 aromatic carbocycles. The van der Waals surface area contributed by atoms with E-state index in [-0.39, 0.29) is 41.7 Å². The van der Waals surface area contributed by atoms with E-state index in [0.717, 1.165) is 6.42 Å². The van der Waals surface area contributed by atoms with Crippen LogP contribution in [0.3, 0.4) is 0 Å². The molecule has 5 nitrogen and oxygen atoms in total. The number of fused-ring (bicyclic) bond motifs is 5. The predicted molar refractivity (Wildman–Crippen MR) is 49.8 cm³/mol. The fraction of sp³-hybridized carbons (Fsp3) is 0.727. The van der Waals surface area contributed by atoms with Gasteiger partial charge in [-0.05, 0) is 18.8 Å². The van der Waals surface area contributed by atoms with Gasteiger partial charge in [-0.1, -0.05) is 0 Å². The Bertz CT molecular complexity index is 388. The Labute approximate surface area is 92.1 Å². The second-order valence-electron chi connectivity index (χ2n) is 4.83. The summed E-state index contributed by atoms with van der Waals surface area (Å²) in [5.74, 6) is -1.65. The second kappa shape index (κ2) is 3.06. The molecular weight excluding hydrogens is 212 g/mol. The minimum Gasteiger partial charge on any atom is -0.462 e. The SMILES string of the molecule is CC(=O)OC1CC2CC1C1C(=O)OC(=O)C21. The molecule has 2 bridgehead atoms. The molecule has 1 heterocycles. The van der Waals surface area contributed by atoms with Crippen LogP contribution in [0.4, 0.5) is 0 Å². The van der Waals surface area contributed by atoms with Crippen LogP contribution in [-0.2, 0) is 23.9 Å². The van der Waals surface area contributed by atoms with E-state index < -0.39 is 5.97 Å². The Morgan fingerprint density at radius 2 is 1.94 bits per heavy atom. The molecular formula is C11H12O5. The molecule has 3 aliphatic rings. The number of esters is 3. The molecule has 2 saturated carbocycles. The minimum atomic E-state index is -0.431. The van der Waals surface area contributed by atoms with Gasteiger partial charge in [0.1, 0.15) is 6.10 Å². The number of cyclic esters (lactones) is 2. The zero-order valence-electron chi connectivity index (χ0n) is 8.84. The topological polar surface area (TPSA) is 69.7 Å². The quantitative estimate of drug-likeness (QED) is 0.472. The lowest BCUT2D eigenvalue weighted by molar-refractivity contribution is -0.157. The Balaban J connectivity index is 1.84. The fourth-order valence-electron chi connectivity index (χ4n) is 3.55. The summed E-state index contributed by atoms with van der Waals surface area (Å²) in [4.78, 5) is 33.8. The highest BCUT2D eigenvalue weighted by atomic mass is 16.6. The first-order valence-corrected chi connectivity index (χ1v) is 5.50. The molecule has 2 aliphatic carbocycles. The molecule has 16 heavy (non-hydrogen) atoms. The van der Waals surface area contributed by atoms with E-state index in [4.69, 9.17) is 4.74 Å². The summed E-state index contributed by atoms with van der Waals surface area (Å²) in [5, 5.41) is 0. The number of hydrogen-bond donors (Lipinski definition) is 0. The molecule has 1 aliphatic heterocycles. The van der Waals surface area contributed by atoms with Gasteiger partial charge < -0.3 is 9.47 Å². The molecule has 5 atom stereocenters. The molecule has 5 heteroatoms. The molecule has 0 spiro atoms. The summed E-state index contributed by atoms with van der Waals surface area (Å²) < 4.78 is 9.82. The number of carbonyl (C=O) groups is 3. The molecule has 5 unspecified atom stereocenters. The lowest BCUT2D eigenvalue weighted by atomic mass is 9.79. The van der Waals surface area contributed by atoms with Crippen LogP contribution in [-0.4, -0.2) is 24.0 Å². The van der Waals surface area contributed by atoms with Crippen molar-refractivity contribution in [1.82, 2.24) is 0 Å². The van der Waals surface area contributed by atoms with Crippen molar-refractivity contribution in [3.05, 3.63) is 0 Å². The summed E-state index contributed by atoms with van der Waals surface area (Å²) in [5.41, 5.74) is 0. The zero-order chi connectivity index (χ0) is 11.4. The monoisotopic (exact) mass is 224 g/mol. The summed E-state index contributed by atoms with van der Waals surface area (Å²) in [7, 11) is 0. The third kappa shape index (κ3) is 1.14. The summed E-state index contributed by atoms with van der Waals surface area (Å²) in [6.07, 6.45) is 1.28. The minimum absolute atomic E-state index is 0.0159. The molecule has 3 fully saturated rings. The van der Waals surface area contributed by atoms with Crippen molar-refractivity contribution in [1.29, 1.82) is 0 Å². The highest BCUT2D eigenvalue weighted by molar-refractivity contribution is 5.97. The van der Waals surface area contributed by atoms with Gasteiger partial charge in [0.05, 0.1) is 11.8 Å². The van der Waals surface area contributed by atoms with E-state index in [9.17, 15) is 14.4 Å². The van der Waals surface area contributed by atoms with Crippen LogP contribution < -0.4 is 0 Å². The predicted octanol–water partition coefficient (Wildman–Crippen LogP) is 0.274. The first kappa shape index (κ1) is 9.81. The van der Waals surface area contributed by atoms with Gasteiger partial charge >= 0.3 is 17.9 Å². The molecule has 1 saturated heterocycles. The van der Waals surface area contributed by atoms with Crippen molar-refractivity contribution in [2.45, 2.75) is 25.9 Å². The van der Waals surface area contributed by atoms with Crippen LogP contribution in [0.5, 0.6) is 0 Å². The Kier molecular flexibility index (Phi) is 1.87. The van der Waals surface area contributed by atoms with Crippen molar-refractivity contribution in [2.75, 3.05) is 0 Å². The van der Waals surface area contributed by atoms with Crippen molar-refractivity contribution >= 4 is 17.9 Å². The maximum absolute atomic E-state index is 11.5. The van der Waals surface area contributed by atoms with Crippen molar-refractivity contribution in [3.8, 4) is 0 Å². The van der Waals surface area contributed by atoms with Crippen LogP contribution in [0.25, 0.3) is 0 Å². The van der Waals surface area contributed by atoms with E-state index in [0.29, 0.717) is 6.42 Å². The molecule has 0 N–H and O–H groups in total. The number of rotatable bonds is 1. The molecule has 0 aromatic rings. The lowest BCUT2D eigenvalue weighted by Crippen LogP contribution is -2.35. The van der Waals surface area contributed by atoms with Gasteiger partial charge in [0.15, 0.2) is 0 Å². The van der Waals surface area contributed by atoms with Crippen LogP contribution >= 0.6 is 0 Å². The van der Waals surface area contributed by atoms with E-state index in [1.807, 2.05) is 0 Å². The molecule has 86 valence electrons. The Morgan fingerprint density at radius 1 is 1.25 bits per heavy atom. The first-order valence-electron chi connectivity index (χ1n) is 5.50. The number of ether oxygens (including phenoxy) is 2. The van der Waals surface area contributed by atoms with Gasteiger partial charge in [0, 0.05) is 12.8 Å². The first-order chi connectivity index (χ1) is 7.58. The molecule has 0 aromatic heterocycles. The molecule has 0 amide bonds. The normalized spacial score (nSPS) is 44.4. The average Bonchev–Trinajstić information content (AvgIpc) is 2.78. The van der Waals surface area contributed by atoms with Crippen LogP contribution in [0.2, 0.25) is 0 Å². The van der Waals surface area contributed by atoms with Crippen molar-refractivity contribution < 1.29 is 23.9 Å². The van der Waals surface area contributed by atoms with E-state index >= 15 is 0 Å². The number of hydrogen-bond acceptors (Lipinski definition) is 5. The molecule has 0 radical (unpaired) electrons. The van der Waals surface area contributed by atoms with E-state index in [1.165, 1.54) is 6.92 Å². The van der Waals surface area contributed by atoms with Gasteiger partial charge in [-0.15, -0.1) is 0 Å². The Morgan fingerprint density at radius 3 is 2.62 bits per heavy atom. The third-order valence-corrected chi connectivity index (χ3v) is 4.01. The van der Waals surface area contributed by atoms with Crippen LogP contribution in [0.15, 0.2) is 0 Å². The van der Waals surface area contributed by atoms with Gasteiger partial charge in [-0.3, -0.25) is 14.4 Å². The van der Waals surface area contributed by atoms with Gasteiger partial charge in [0.2, 0.25) is 0 Å².